The number of aryl methyl sites for hydroxylation is 1. The average molecular weight is 831 g/mol. The van der Waals surface area contributed by atoms with Crippen molar-refractivity contribution in [2.75, 3.05) is 5.43 Å². The number of rotatable bonds is 10. The number of hydrogen-bond acceptors (Lipinski definition) is 3. The van der Waals surface area contributed by atoms with Crippen molar-refractivity contribution in [1.82, 2.24) is 4.68 Å². The minimum Gasteiger partial charge on any atom is -0.358 e. The molecule has 43 heavy (non-hydrogen) atoms. The van der Waals surface area contributed by atoms with Crippen LogP contribution in [0.2, 0.25) is 0 Å². The molecule has 4 nitrogen and oxygen atoms in total. The maximum atomic E-state index is 6.85. The summed E-state index contributed by atoms with van der Waals surface area (Å²) in [4.78, 5) is 9.47. The van der Waals surface area contributed by atoms with Gasteiger partial charge in [-0.15, -0.1) is 5.56 Å². The fraction of sp³-hybridized carbons (Fsp3) is 0.432. The number of allylic oxidation sites excluding steroid dienone is 6. The van der Waals surface area contributed by atoms with Crippen molar-refractivity contribution in [1.29, 1.82) is 0 Å². The Labute approximate surface area is 294 Å². The van der Waals surface area contributed by atoms with Crippen LogP contribution in [0.25, 0.3) is 16.7 Å². The van der Waals surface area contributed by atoms with E-state index in [0.29, 0.717) is 11.1 Å². The van der Waals surface area contributed by atoms with Crippen molar-refractivity contribution in [3.05, 3.63) is 97.4 Å². The molecule has 1 aromatic carbocycles. The largest absolute Gasteiger partial charge is 2.00 e. The summed E-state index contributed by atoms with van der Waals surface area (Å²) in [6, 6.07) is 9.34. The first-order valence-electron chi connectivity index (χ1n) is 15.4. The summed E-state index contributed by atoms with van der Waals surface area (Å²) in [7, 11) is 0. The van der Waals surface area contributed by atoms with E-state index in [4.69, 9.17) is 21.6 Å². The predicted molar refractivity (Wildman–Crippen MR) is 193 cm³/mol. The first kappa shape index (κ1) is 45.4. The number of halogens is 1. The molecule has 0 fully saturated rings. The van der Waals surface area contributed by atoms with E-state index in [1.54, 1.807) is 0 Å². The van der Waals surface area contributed by atoms with Crippen molar-refractivity contribution in [2.24, 2.45) is 15.9 Å². The second kappa shape index (κ2) is 26.4. The van der Waals surface area contributed by atoms with E-state index in [-0.39, 0.29) is 44.7 Å². The molecule has 1 aromatic heterocycles. The Morgan fingerprint density at radius 3 is 2.37 bits per heavy atom. The van der Waals surface area contributed by atoms with Crippen LogP contribution in [0, 0.1) is 57.4 Å². The number of nitrogens with zero attached hydrogens (tertiary/aromatic N) is 3. The SMILES string of the molecule is C=C(/C=C\C=C/CCC)c1c(-c2ccc[c-]c2C)cn2c1C(Cl)=NC(/C(=C/C)N=CC(C)CC)N2.CC.CC.CC.[CH3-].[U+2]. The molecule has 0 aliphatic carbocycles. The van der Waals surface area contributed by atoms with Crippen molar-refractivity contribution >= 4 is 28.6 Å². The molecule has 0 saturated heterocycles. The molecule has 0 spiro atoms. The summed E-state index contributed by atoms with van der Waals surface area (Å²) in [5.41, 5.74) is 10.1. The monoisotopic (exact) mass is 830 g/mol. The number of unbranched alkanes of at least 4 members (excludes halogenated alkanes) is 1. The molecule has 0 bridgehead atoms. The van der Waals surface area contributed by atoms with Crippen molar-refractivity contribution in [3.8, 4) is 11.1 Å². The normalized spacial score (nSPS) is 14.4. The van der Waals surface area contributed by atoms with Crippen LogP contribution in [0.15, 0.2) is 77.0 Å². The molecule has 0 saturated carbocycles. The number of aromatic nitrogens is 1. The Morgan fingerprint density at radius 1 is 1.16 bits per heavy atom. The topological polar surface area (TPSA) is 41.7 Å². The van der Waals surface area contributed by atoms with E-state index < -0.39 is 0 Å². The molecule has 236 valence electrons. The van der Waals surface area contributed by atoms with Gasteiger partial charge < -0.3 is 7.43 Å². The Morgan fingerprint density at radius 2 is 1.81 bits per heavy atom. The predicted octanol–water partition coefficient (Wildman–Crippen LogP) is 11.6. The Balaban J connectivity index is -0.00000188. The number of fused-ring (bicyclic) bond motifs is 1. The molecule has 2 aromatic rings. The van der Waals surface area contributed by atoms with Crippen LogP contribution in [0.5, 0.6) is 0 Å². The van der Waals surface area contributed by atoms with Gasteiger partial charge in [0.1, 0.15) is 5.69 Å². The summed E-state index contributed by atoms with van der Waals surface area (Å²) in [5, 5.41) is 0.432. The maximum Gasteiger partial charge on any atom is 2.00 e. The number of benzene rings is 1. The third-order valence-corrected chi connectivity index (χ3v) is 6.35. The van der Waals surface area contributed by atoms with Gasteiger partial charge in [-0.05, 0) is 36.8 Å². The van der Waals surface area contributed by atoms with E-state index in [1.807, 2.05) is 89.7 Å². The Hall–Kier alpha value is -2.06. The van der Waals surface area contributed by atoms with Crippen LogP contribution in [-0.2, 0) is 0 Å². The van der Waals surface area contributed by atoms with E-state index in [0.717, 1.165) is 58.5 Å². The molecule has 2 unspecified atom stereocenters. The van der Waals surface area contributed by atoms with Gasteiger partial charge in [-0.2, -0.15) is 29.8 Å². The average Bonchev–Trinajstić information content (AvgIpc) is 3.40. The number of nitrogens with one attached hydrogen (secondary N) is 1. The van der Waals surface area contributed by atoms with Crippen LogP contribution < -0.4 is 5.43 Å². The van der Waals surface area contributed by atoms with Gasteiger partial charge in [-0.1, -0.05) is 124 Å². The van der Waals surface area contributed by atoms with Crippen LogP contribution in [0.3, 0.4) is 0 Å². The zero-order chi connectivity index (χ0) is 31.4. The standard InChI is InChI=1S/C30H36ClN4.3C2H6.CH3.U/c1-7-10-11-12-13-17-23(6)27-25(24-18-15-14-16-22(24)5)20-35-28(27)29(31)33-30(34-35)26(9-3)32-19-21(4)8-2;3*1-2;;/h9,11-15,17-21,30,34H,6-8,10H2,1-5H3;3*1-2H3;1H3;/q-1;;;;-1;+2/b12-11-,17-13-,26-9-,32-19?;;;;;. The number of aliphatic imine (C=N–C) groups is 2. The Kier molecular flexibility index (Phi) is 27.8. The third kappa shape index (κ3) is 13.6. The van der Waals surface area contributed by atoms with Crippen LogP contribution in [0.4, 0.5) is 0 Å². The van der Waals surface area contributed by atoms with E-state index in [9.17, 15) is 0 Å². The molecule has 1 aliphatic heterocycles. The molecule has 1 aliphatic rings. The first-order chi connectivity index (χ1) is 19.9. The van der Waals surface area contributed by atoms with Gasteiger partial charge in [0.25, 0.3) is 0 Å². The van der Waals surface area contributed by atoms with Gasteiger partial charge in [0.15, 0.2) is 11.3 Å². The molecule has 2 heterocycles. The summed E-state index contributed by atoms with van der Waals surface area (Å²) in [6.07, 6.45) is 17.1. The van der Waals surface area contributed by atoms with Gasteiger partial charge in [0.2, 0.25) is 0 Å². The van der Waals surface area contributed by atoms with E-state index in [2.05, 4.69) is 70.2 Å². The quantitative estimate of drug-likeness (QED) is 0.145. The summed E-state index contributed by atoms with van der Waals surface area (Å²) < 4.78 is 1.96. The van der Waals surface area contributed by atoms with Crippen molar-refractivity contribution in [3.63, 3.8) is 0 Å². The molecule has 0 amide bonds. The summed E-state index contributed by atoms with van der Waals surface area (Å²) in [6.45, 7) is 26.9. The maximum absolute atomic E-state index is 6.85. The molecular weight excluding hydrogens is 774 g/mol. The van der Waals surface area contributed by atoms with Gasteiger partial charge in [-0.3, -0.25) is 15.1 Å². The van der Waals surface area contributed by atoms with Gasteiger partial charge in [0, 0.05) is 18.0 Å². The zero-order valence-corrected chi connectivity index (χ0v) is 33.9. The second-order valence-corrected chi connectivity index (χ2v) is 9.13. The molecule has 6 heteroatoms. The summed E-state index contributed by atoms with van der Waals surface area (Å²) in [5.74, 6) is 0.395. The fourth-order valence-corrected chi connectivity index (χ4v) is 4.12. The zero-order valence-electron chi connectivity index (χ0n) is 29.0. The molecular formula is C37H57ClN4U. The third-order valence-electron chi connectivity index (χ3n) is 6.08. The molecule has 2 atom stereocenters. The van der Waals surface area contributed by atoms with Gasteiger partial charge in [-0.25, -0.2) is 4.99 Å². The Bertz CT molecular complexity index is 1200. The van der Waals surface area contributed by atoms with Gasteiger partial charge in [0.05, 0.1) is 5.70 Å². The molecule has 0 radical (unpaired) electrons. The van der Waals surface area contributed by atoms with Crippen LogP contribution >= 0.6 is 11.6 Å². The first-order valence-corrected chi connectivity index (χ1v) is 15.7. The van der Waals surface area contributed by atoms with E-state index in [1.165, 1.54) is 0 Å². The minimum atomic E-state index is -0.377. The van der Waals surface area contributed by atoms with E-state index >= 15 is 0 Å². The van der Waals surface area contributed by atoms with Crippen LogP contribution in [-0.4, -0.2) is 22.2 Å². The van der Waals surface area contributed by atoms with Crippen molar-refractivity contribution in [2.45, 2.75) is 102 Å². The van der Waals surface area contributed by atoms with Crippen molar-refractivity contribution < 1.29 is 31.1 Å². The molecule has 3 rings (SSSR count). The number of hydrogen-bond donors (Lipinski definition) is 1. The minimum absolute atomic E-state index is 0. The van der Waals surface area contributed by atoms with Gasteiger partial charge >= 0.3 is 31.1 Å². The van der Waals surface area contributed by atoms with Crippen LogP contribution in [0.1, 0.15) is 105 Å². The molecule has 1 N–H and O–H groups in total. The second-order valence-electron chi connectivity index (χ2n) is 8.78. The summed E-state index contributed by atoms with van der Waals surface area (Å²) >= 11 is 6.85. The fourth-order valence-electron chi connectivity index (χ4n) is 3.84. The smallest absolute Gasteiger partial charge is 0.358 e.